The number of amides is 1. The van der Waals surface area contributed by atoms with Gasteiger partial charge in [0.15, 0.2) is 0 Å². The fourth-order valence-electron chi connectivity index (χ4n) is 2.37. The normalized spacial score (nSPS) is 12.1. The van der Waals surface area contributed by atoms with Crippen LogP contribution >= 0.6 is 0 Å². The predicted octanol–water partition coefficient (Wildman–Crippen LogP) is 3.06. The third kappa shape index (κ3) is 4.03. The Labute approximate surface area is 133 Å². The Balaban J connectivity index is 2.27. The molecule has 0 fully saturated rings. The van der Waals surface area contributed by atoms with Gasteiger partial charge in [0.1, 0.15) is 11.9 Å². The van der Waals surface area contributed by atoms with E-state index >= 15 is 0 Å². The first-order valence-electron chi connectivity index (χ1n) is 7.53. The Kier molecular flexibility index (Phi) is 5.26. The summed E-state index contributed by atoms with van der Waals surface area (Å²) in [7, 11) is 0. The van der Waals surface area contributed by atoms with Gasteiger partial charge in [0.2, 0.25) is 0 Å². The van der Waals surface area contributed by atoms with Crippen molar-refractivity contribution >= 4 is 22.8 Å². The molecule has 5 nitrogen and oxygen atoms in total. The smallest absolute Gasteiger partial charge is 0.326 e. The maximum atomic E-state index is 13.2. The van der Waals surface area contributed by atoms with Crippen molar-refractivity contribution < 1.29 is 19.1 Å². The molecular weight excluding hydrogens is 299 g/mol. The average Bonchev–Trinajstić information content (AvgIpc) is 2.50. The topological polar surface area (TPSA) is 79.3 Å². The fraction of sp³-hybridized carbons (Fsp3) is 0.353. The van der Waals surface area contributed by atoms with Gasteiger partial charge in [-0.25, -0.2) is 9.18 Å². The number of carboxylic acids is 1. The zero-order chi connectivity index (χ0) is 17.0. The molecule has 1 atom stereocenters. The zero-order valence-corrected chi connectivity index (χ0v) is 13.1. The minimum atomic E-state index is -1.06. The Morgan fingerprint density at radius 2 is 2.09 bits per heavy atom. The molecule has 1 aromatic carbocycles. The number of aliphatic carboxylic acids is 1. The summed E-state index contributed by atoms with van der Waals surface area (Å²) in [5.74, 6) is -1.93. The van der Waals surface area contributed by atoms with Crippen molar-refractivity contribution in [3.8, 4) is 0 Å². The highest BCUT2D eigenvalue weighted by atomic mass is 19.1. The molecular formula is C17H19FN2O3. The van der Waals surface area contributed by atoms with Gasteiger partial charge in [-0.05, 0) is 31.5 Å². The molecule has 0 radical (unpaired) electrons. The van der Waals surface area contributed by atoms with Gasteiger partial charge < -0.3 is 10.4 Å². The number of carbonyl (C=O) groups is 2. The van der Waals surface area contributed by atoms with E-state index in [1.807, 2.05) is 6.92 Å². The lowest BCUT2D eigenvalue weighted by molar-refractivity contribution is -0.139. The number of carbonyl (C=O) groups excluding carboxylic acids is 1. The molecule has 1 unspecified atom stereocenters. The van der Waals surface area contributed by atoms with Gasteiger partial charge in [0.05, 0.1) is 16.8 Å². The van der Waals surface area contributed by atoms with E-state index in [9.17, 15) is 19.1 Å². The third-order valence-electron chi connectivity index (χ3n) is 3.66. The molecule has 0 aliphatic rings. The second-order valence-corrected chi connectivity index (χ2v) is 5.46. The van der Waals surface area contributed by atoms with Gasteiger partial charge >= 0.3 is 5.97 Å². The van der Waals surface area contributed by atoms with Crippen LogP contribution in [0.25, 0.3) is 10.9 Å². The maximum absolute atomic E-state index is 13.2. The summed E-state index contributed by atoms with van der Waals surface area (Å²) in [6.45, 7) is 3.60. The number of benzene rings is 1. The summed E-state index contributed by atoms with van der Waals surface area (Å²) < 4.78 is 13.2. The minimum absolute atomic E-state index is 0.298. The number of aromatic nitrogens is 1. The number of halogens is 1. The molecule has 0 aliphatic heterocycles. The number of unbranched alkanes of at least 4 members (excludes halogenated alkanes) is 1. The lowest BCUT2D eigenvalue weighted by atomic mass is 10.1. The molecule has 23 heavy (non-hydrogen) atoms. The number of carboxylic acid groups (broad SMARTS) is 1. The van der Waals surface area contributed by atoms with Crippen molar-refractivity contribution in [2.45, 2.75) is 39.2 Å². The molecule has 0 saturated carbocycles. The molecule has 2 aromatic rings. The van der Waals surface area contributed by atoms with Gasteiger partial charge in [-0.15, -0.1) is 0 Å². The van der Waals surface area contributed by atoms with E-state index < -0.39 is 23.7 Å². The molecule has 2 N–H and O–H groups in total. The van der Waals surface area contributed by atoms with E-state index in [0.29, 0.717) is 35.0 Å². The Bertz CT molecular complexity index is 746. The highest BCUT2D eigenvalue weighted by molar-refractivity contribution is 6.00. The number of hydrogen-bond acceptors (Lipinski definition) is 3. The van der Waals surface area contributed by atoms with Gasteiger partial charge in [-0.3, -0.25) is 9.78 Å². The largest absolute Gasteiger partial charge is 0.480 e. The fourth-order valence-corrected chi connectivity index (χ4v) is 2.37. The van der Waals surface area contributed by atoms with Crippen LogP contribution in [0, 0.1) is 12.7 Å². The Morgan fingerprint density at radius 3 is 2.74 bits per heavy atom. The Hall–Kier alpha value is -2.50. The van der Waals surface area contributed by atoms with Crippen molar-refractivity contribution in [2.75, 3.05) is 0 Å². The first-order chi connectivity index (χ1) is 10.9. The molecule has 2 rings (SSSR count). The van der Waals surface area contributed by atoms with Crippen LogP contribution in [-0.2, 0) is 4.79 Å². The van der Waals surface area contributed by atoms with Gasteiger partial charge in [-0.2, -0.15) is 0 Å². The van der Waals surface area contributed by atoms with Gasteiger partial charge in [-0.1, -0.05) is 19.8 Å². The third-order valence-corrected chi connectivity index (χ3v) is 3.66. The standard InChI is InChI=1S/C17H19FN2O3/c1-3-4-5-14(17(22)23)20-16(21)13-8-11-6-7-12(18)9-15(11)19-10(13)2/h6-9,14H,3-5H2,1-2H3,(H,20,21)(H,22,23). The van der Waals surface area contributed by atoms with Gasteiger partial charge in [0, 0.05) is 11.5 Å². The number of hydrogen-bond donors (Lipinski definition) is 2. The monoisotopic (exact) mass is 318 g/mol. The summed E-state index contributed by atoms with van der Waals surface area (Å²) in [4.78, 5) is 27.8. The van der Waals surface area contributed by atoms with E-state index in [1.54, 1.807) is 19.1 Å². The number of nitrogens with zero attached hydrogens (tertiary/aromatic N) is 1. The lowest BCUT2D eigenvalue weighted by Crippen LogP contribution is -2.41. The second kappa shape index (κ2) is 7.17. The van der Waals surface area contributed by atoms with Crippen LogP contribution in [0.15, 0.2) is 24.3 Å². The summed E-state index contributed by atoms with van der Waals surface area (Å²) in [5.41, 5.74) is 1.19. The maximum Gasteiger partial charge on any atom is 0.326 e. The van der Waals surface area contributed by atoms with Crippen LogP contribution in [0.5, 0.6) is 0 Å². The molecule has 0 saturated heterocycles. The molecule has 1 amide bonds. The highest BCUT2D eigenvalue weighted by Gasteiger charge is 2.21. The van der Waals surface area contributed by atoms with E-state index in [1.165, 1.54) is 12.1 Å². The van der Waals surface area contributed by atoms with Crippen LogP contribution in [0.4, 0.5) is 4.39 Å². The first kappa shape index (κ1) is 16.9. The molecule has 1 aromatic heterocycles. The van der Waals surface area contributed by atoms with E-state index in [4.69, 9.17) is 0 Å². The molecule has 0 spiro atoms. The number of rotatable bonds is 6. The number of aryl methyl sites for hydroxylation is 1. The lowest BCUT2D eigenvalue weighted by Gasteiger charge is -2.15. The van der Waals surface area contributed by atoms with Crippen molar-refractivity contribution in [3.05, 3.63) is 41.3 Å². The summed E-state index contributed by atoms with van der Waals surface area (Å²) in [6.07, 6.45) is 1.94. The summed E-state index contributed by atoms with van der Waals surface area (Å²) in [5, 5.41) is 12.4. The van der Waals surface area contributed by atoms with Crippen LogP contribution < -0.4 is 5.32 Å². The van der Waals surface area contributed by atoms with E-state index in [-0.39, 0.29) is 0 Å². The highest BCUT2D eigenvalue weighted by Crippen LogP contribution is 2.18. The quantitative estimate of drug-likeness (QED) is 0.858. The minimum Gasteiger partial charge on any atom is -0.480 e. The van der Waals surface area contributed by atoms with Crippen LogP contribution in [0.1, 0.15) is 42.2 Å². The number of nitrogens with one attached hydrogen (secondary N) is 1. The van der Waals surface area contributed by atoms with Crippen molar-refractivity contribution in [1.82, 2.24) is 10.3 Å². The SMILES string of the molecule is CCCCC(NC(=O)c1cc2ccc(F)cc2nc1C)C(=O)O. The summed E-state index contributed by atoms with van der Waals surface area (Å²) >= 11 is 0. The van der Waals surface area contributed by atoms with Gasteiger partial charge in [0.25, 0.3) is 5.91 Å². The number of pyridine rings is 1. The first-order valence-corrected chi connectivity index (χ1v) is 7.53. The van der Waals surface area contributed by atoms with Crippen molar-refractivity contribution in [1.29, 1.82) is 0 Å². The second-order valence-electron chi connectivity index (χ2n) is 5.46. The van der Waals surface area contributed by atoms with Crippen molar-refractivity contribution in [2.24, 2.45) is 0 Å². The Morgan fingerprint density at radius 1 is 1.35 bits per heavy atom. The van der Waals surface area contributed by atoms with E-state index in [2.05, 4.69) is 10.3 Å². The van der Waals surface area contributed by atoms with Crippen LogP contribution in [-0.4, -0.2) is 28.0 Å². The molecule has 0 bridgehead atoms. The van der Waals surface area contributed by atoms with Crippen molar-refractivity contribution in [3.63, 3.8) is 0 Å². The van der Waals surface area contributed by atoms with Crippen LogP contribution in [0.3, 0.4) is 0 Å². The molecule has 1 heterocycles. The number of fused-ring (bicyclic) bond motifs is 1. The van der Waals surface area contributed by atoms with E-state index in [0.717, 1.165) is 6.42 Å². The zero-order valence-electron chi connectivity index (χ0n) is 13.1. The molecule has 6 heteroatoms. The summed E-state index contributed by atoms with van der Waals surface area (Å²) in [6, 6.07) is 4.81. The molecule has 122 valence electrons. The van der Waals surface area contributed by atoms with Crippen LogP contribution in [0.2, 0.25) is 0 Å². The predicted molar refractivity (Wildman–Crippen MR) is 84.9 cm³/mol. The average molecular weight is 318 g/mol. The molecule has 0 aliphatic carbocycles.